The molecule has 124 valence electrons. The molecule has 2 rings (SSSR count). The fraction of sp³-hybridized carbons (Fsp3) is 0.571. The van der Waals surface area contributed by atoms with Crippen LogP contribution in [0.1, 0.15) is 31.2 Å². The van der Waals surface area contributed by atoms with Crippen LogP contribution in [0.3, 0.4) is 0 Å². The van der Waals surface area contributed by atoms with Crippen LogP contribution in [0, 0.1) is 18.7 Å². The van der Waals surface area contributed by atoms with Crippen molar-refractivity contribution >= 4 is 10.0 Å². The number of halogens is 4. The summed E-state index contributed by atoms with van der Waals surface area (Å²) >= 11 is 0. The molecule has 0 aromatic heterocycles. The Morgan fingerprint density at radius 3 is 2.41 bits per heavy atom. The molecular weight excluding hydrogens is 322 g/mol. The van der Waals surface area contributed by atoms with E-state index in [4.69, 9.17) is 0 Å². The molecule has 2 atom stereocenters. The number of rotatable bonds is 3. The van der Waals surface area contributed by atoms with Gasteiger partial charge in [-0.25, -0.2) is 17.5 Å². The highest BCUT2D eigenvalue weighted by atomic mass is 32.2. The molecule has 1 aromatic carbocycles. The monoisotopic (exact) mass is 339 g/mol. The van der Waals surface area contributed by atoms with E-state index in [2.05, 4.69) is 4.72 Å². The summed E-state index contributed by atoms with van der Waals surface area (Å²) in [6.07, 6.45) is -3.48. The van der Waals surface area contributed by atoms with Crippen LogP contribution in [0.2, 0.25) is 0 Å². The Morgan fingerprint density at radius 1 is 1.18 bits per heavy atom. The normalized spacial score (nSPS) is 23.5. The lowest BCUT2D eigenvalue weighted by molar-refractivity contribution is -0.187. The minimum atomic E-state index is -4.45. The molecular formula is C14H17F4NO2S. The average Bonchev–Trinajstić information content (AvgIpc) is 2.40. The Labute approximate surface area is 126 Å². The Kier molecular flexibility index (Phi) is 4.81. The third kappa shape index (κ3) is 3.78. The SMILES string of the molecule is Cc1ccc(S(=O)(=O)NC2CCCCC2C(F)(F)F)cc1F. The van der Waals surface area contributed by atoms with Gasteiger partial charge in [-0.3, -0.25) is 0 Å². The van der Waals surface area contributed by atoms with E-state index in [0.717, 1.165) is 6.07 Å². The van der Waals surface area contributed by atoms with E-state index in [0.29, 0.717) is 12.8 Å². The third-order valence-electron chi connectivity index (χ3n) is 3.95. The van der Waals surface area contributed by atoms with E-state index in [1.54, 1.807) is 0 Å². The highest BCUT2D eigenvalue weighted by molar-refractivity contribution is 7.89. The summed E-state index contributed by atoms with van der Waals surface area (Å²) < 4.78 is 78.9. The number of alkyl halides is 3. The first-order valence-corrected chi connectivity index (χ1v) is 8.45. The average molecular weight is 339 g/mol. The Balaban J connectivity index is 2.24. The van der Waals surface area contributed by atoms with Crippen LogP contribution < -0.4 is 4.72 Å². The second kappa shape index (κ2) is 6.16. The van der Waals surface area contributed by atoms with Gasteiger partial charge >= 0.3 is 6.18 Å². The predicted octanol–water partition coefficient (Wildman–Crippen LogP) is 3.53. The Bertz CT molecular complexity index is 643. The topological polar surface area (TPSA) is 46.2 Å². The predicted molar refractivity (Wildman–Crippen MR) is 73.3 cm³/mol. The van der Waals surface area contributed by atoms with Gasteiger partial charge in [0.15, 0.2) is 0 Å². The standard InChI is InChI=1S/C14H17F4NO2S/c1-9-6-7-10(8-12(9)15)22(20,21)19-13-5-3-2-4-11(13)14(16,17)18/h6-8,11,13,19H,2-5H2,1H3. The van der Waals surface area contributed by atoms with Crippen LogP contribution >= 0.6 is 0 Å². The van der Waals surface area contributed by atoms with Gasteiger partial charge < -0.3 is 0 Å². The molecule has 22 heavy (non-hydrogen) atoms. The second-order valence-electron chi connectivity index (χ2n) is 5.57. The van der Waals surface area contributed by atoms with Crippen LogP contribution in [0.25, 0.3) is 0 Å². The van der Waals surface area contributed by atoms with Gasteiger partial charge in [0.1, 0.15) is 5.82 Å². The van der Waals surface area contributed by atoms with E-state index in [9.17, 15) is 26.0 Å². The number of benzene rings is 1. The van der Waals surface area contributed by atoms with E-state index in [1.807, 2.05) is 0 Å². The van der Waals surface area contributed by atoms with Gasteiger partial charge in [0.2, 0.25) is 10.0 Å². The Morgan fingerprint density at radius 2 is 1.82 bits per heavy atom. The minimum absolute atomic E-state index is 0.0983. The highest BCUT2D eigenvalue weighted by Gasteiger charge is 2.46. The van der Waals surface area contributed by atoms with Crippen LogP contribution in [-0.4, -0.2) is 20.6 Å². The molecule has 0 aliphatic heterocycles. The van der Waals surface area contributed by atoms with Gasteiger partial charge in [0.25, 0.3) is 0 Å². The summed E-state index contributed by atoms with van der Waals surface area (Å²) in [4.78, 5) is -0.359. The lowest BCUT2D eigenvalue weighted by Crippen LogP contribution is -2.47. The van der Waals surface area contributed by atoms with Crippen LogP contribution in [0.5, 0.6) is 0 Å². The van der Waals surface area contributed by atoms with Crippen LogP contribution in [-0.2, 0) is 10.0 Å². The molecule has 3 nitrogen and oxygen atoms in total. The quantitative estimate of drug-likeness (QED) is 0.857. The zero-order valence-corrected chi connectivity index (χ0v) is 12.8. The summed E-state index contributed by atoms with van der Waals surface area (Å²) in [5.41, 5.74) is 0.268. The number of aryl methyl sites for hydroxylation is 1. The van der Waals surface area contributed by atoms with Gasteiger partial charge in [-0.05, 0) is 37.5 Å². The van der Waals surface area contributed by atoms with Crippen molar-refractivity contribution in [1.82, 2.24) is 4.72 Å². The number of nitrogens with one attached hydrogen (secondary N) is 1. The fourth-order valence-electron chi connectivity index (χ4n) is 2.67. The summed E-state index contributed by atoms with van der Waals surface area (Å²) in [7, 11) is -4.18. The van der Waals surface area contributed by atoms with Gasteiger partial charge in [-0.1, -0.05) is 18.9 Å². The van der Waals surface area contributed by atoms with Crippen molar-refractivity contribution < 1.29 is 26.0 Å². The maximum Gasteiger partial charge on any atom is 0.393 e. The molecule has 0 heterocycles. The largest absolute Gasteiger partial charge is 0.393 e. The zero-order valence-electron chi connectivity index (χ0n) is 12.0. The Hall–Kier alpha value is -1.15. The number of sulfonamides is 1. The molecule has 1 fully saturated rings. The summed E-state index contributed by atoms with van der Waals surface area (Å²) in [5.74, 6) is -2.41. The van der Waals surface area contributed by atoms with Crippen LogP contribution in [0.4, 0.5) is 17.6 Å². The lowest BCUT2D eigenvalue weighted by Gasteiger charge is -2.33. The van der Waals surface area contributed by atoms with E-state index in [-0.39, 0.29) is 23.3 Å². The number of hydrogen-bond donors (Lipinski definition) is 1. The molecule has 2 unspecified atom stereocenters. The van der Waals surface area contributed by atoms with Crippen molar-refractivity contribution in [1.29, 1.82) is 0 Å². The first kappa shape index (κ1) is 17.2. The first-order chi connectivity index (χ1) is 10.1. The first-order valence-electron chi connectivity index (χ1n) is 6.96. The van der Waals surface area contributed by atoms with Gasteiger partial charge in [-0.15, -0.1) is 0 Å². The van der Waals surface area contributed by atoms with Gasteiger partial charge in [-0.2, -0.15) is 13.2 Å². The maximum atomic E-state index is 13.5. The zero-order chi connectivity index (χ0) is 16.5. The summed E-state index contributed by atoms with van der Waals surface area (Å²) in [6.45, 7) is 1.47. The molecule has 0 spiro atoms. The highest BCUT2D eigenvalue weighted by Crippen LogP contribution is 2.38. The van der Waals surface area contributed by atoms with E-state index >= 15 is 0 Å². The summed E-state index contributed by atoms with van der Waals surface area (Å²) in [5, 5.41) is 0. The molecule has 0 saturated heterocycles. The fourth-order valence-corrected chi connectivity index (χ4v) is 3.99. The van der Waals surface area contributed by atoms with Crippen molar-refractivity contribution in [2.75, 3.05) is 0 Å². The minimum Gasteiger partial charge on any atom is -0.207 e. The molecule has 1 saturated carbocycles. The summed E-state index contributed by atoms with van der Waals surface area (Å²) in [6, 6.07) is 2.09. The smallest absolute Gasteiger partial charge is 0.207 e. The molecule has 1 aromatic rings. The van der Waals surface area contributed by atoms with Crippen molar-refractivity contribution in [3.8, 4) is 0 Å². The van der Waals surface area contributed by atoms with E-state index < -0.39 is 34.0 Å². The molecule has 0 radical (unpaired) electrons. The molecule has 0 bridgehead atoms. The third-order valence-corrected chi connectivity index (χ3v) is 5.43. The van der Waals surface area contributed by atoms with Crippen molar-refractivity contribution in [2.24, 2.45) is 5.92 Å². The second-order valence-corrected chi connectivity index (χ2v) is 7.29. The lowest BCUT2D eigenvalue weighted by atomic mass is 9.85. The maximum absolute atomic E-state index is 13.5. The van der Waals surface area contributed by atoms with Crippen LogP contribution in [0.15, 0.2) is 23.1 Å². The molecule has 0 amide bonds. The van der Waals surface area contributed by atoms with Gasteiger partial charge in [0, 0.05) is 6.04 Å². The van der Waals surface area contributed by atoms with Crippen molar-refractivity contribution in [3.05, 3.63) is 29.6 Å². The molecule has 8 heteroatoms. The molecule has 1 aliphatic carbocycles. The van der Waals surface area contributed by atoms with E-state index in [1.165, 1.54) is 19.1 Å². The van der Waals surface area contributed by atoms with Gasteiger partial charge in [0.05, 0.1) is 10.8 Å². The van der Waals surface area contributed by atoms with Crippen molar-refractivity contribution in [2.45, 2.75) is 49.7 Å². The number of hydrogen-bond acceptors (Lipinski definition) is 2. The molecule has 1 aliphatic rings. The van der Waals surface area contributed by atoms with Crippen molar-refractivity contribution in [3.63, 3.8) is 0 Å². The molecule has 1 N–H and O–H groups in total.